The van der Waals surface area contributed by atoms with Gasteiger partial charge in [0.25, 0.3) is 0 Å². The minimum atomic E-state index is -0.201. The molecule has 5 heteroatoms. The van der Waals surface area contributed by atoms with Crippen LogP contribution in [0.1, 0.15) is 38.3 Å². The van der Waals surface area contributed by atoms with Crippen molar-refractivity contribution in [1.29, 1.82) is 0 Å². The summed E-state index contributed by atoms with van der Waals surface area (Å²) in [6.45, 7) is 8.40. The molecule has 0 saturated carbocycles. The van der Waals surface area contributed by atoms with Crippen molar-refractivity contribution >= 4 is 24.0 Å². The molecule has 0 aromatic heterocycles. The highest BCUT2D eigenvalue weighted by molar-refractivity contribution is 6.31. The molecule has 0 amide bonds. The van der Waals surface area contributed by atoms with Gasteiger partial charge in [-0.1, -0.05) is 31.9 Å². The van der Waals surface area contributed by atoms with Crippen LogP contribution < -0.4 is 5.32 Å². The predicted octanol–water partition coefficient (Wildman–Crippen LogP) is 4.28. The smallest absolute Gasteiger partial charge is 0.123 e. The third kappa shape index (κ3) is 4.82. The normalized spacial score (nSPS) is 18.9. The third-order valence-electron chi connectivity index (χ3n) is 4.10. The molecule has 120 valence electrons. The molecule has 1 fully saturated rings. The number of piperazine rings is 1. The van der Waals surface area contributed by atoms with Crippen molar-refractivity contribution in [3.05, 3.63) is 34.6 Å². The summed E-state index contributed by atoms with van der Waals surface area (Å²) in [6, 6.07) is 4.94. The van der Waals surface area contributed by atoms with Crippen molar-refractivity contribution < 1.29 is 4.39 Å². The van der Waals surface area contributed by atoms with Gasteiger partial charge in [-0.25, -0.2) is 4.39 Å². The molecule has 1 aromatic carbocycles. The fourth-order valence-corrected chi connectivity index (χ4v) is 3.41. The van der Waals surface area contributed by atoms with Gasteiger partial charge in [0.05, 0.1) is 0 Å². The fraction of sp³-hybridized carbons (Fsp3) is 0.625. The van der Waals surface area contributed by atoms with E-state index in [0.717, 1.165) is 44.6 Å². The monoisotopic (exact) mass is 334 g/mol. The van der Waals surface area contributed by atoms with Crippen LogP contribution in [0.2, 0.25) is 5.02 Å². The number of hydrogen-bond donors (Lipinski definition) is 1. The maximum absolute atomic E-state index is 13.6. The maximum Gasteiger partial charge on any atom is 0.123 e. The van der Waals surface area contributed by atoms with Gasteiger partial charge in [0.2, 0.25) is 0 Å². The van der Waals surface area contributed by atoms with Gasteiger partial charge in [-0.2, -0.15) is 0 Å². The Labute approximate surface area is 138 Å². The summed E-state index contributed by atoms with van der Waals surface area (Å²) >= 11 is 6.35. The van der Waals surface area contributed by atoms with Crippen LogP contribution in [-0.2, 0) is 0 Å². The van der Waals surface area contributed by atoms with Gasteiger partial charge in [0, 0.05) is 37.2 Å². The van der Waals surface area contributed by atoms with E-state index in [9.17, 15) is 4.39 Å². The van der Waals surface area contributed by atoms with E-state index in [0.29, 0.717) is 10.9 Å². The number of nitrogens with zero attached hydrogens (tertiary/aromatic N) is 1. The van der Waals surface area contributed by atoms with E-state index < -0.39 is 0 Å². The molecule has 1 saturated heterocycles. The lowest BCUT2D eigenvalue weighted by Gasteiger charge is -2.39. The summed E-state index contributed by atoms with van der Waals surface area (Å²) in [6.07, 6.45) is 2.26. The number of hydrogen-bond acceptors (Lipinski definition) is 2. The maximum atomic E-state index is 13.6. The average molecular weight is 335 g/mol. The molecular weight excluding hydrogens is 310 g/mol. The Balaban J connectivity index is 0.00000220. The minimum Gasteiger partial charge on any atom is -0.314 e. The van der Waals surface area contributed by atoms with Crippen LogP contribution in [-0.4, -0.2) is 31.1 Å². The molecule has 1 aliphatic rings. The quantitative estimate of drug-likeness (QED) is 0.864. The molecule has 1 aliphatic heterocycles. The number of rotatable bonds is 5. The average Bonchev–Trinajstić information content (AvgIpc) is 2.44. The first kappa shape index (κ1) is 18.7. The number of halogens is 3. The van der Waals surface area contributed by atoms with Crippen LogP contribution in [0.15, 0.2) is 18.2 Å². The Morgan fingerprint density at radius 2 is 2.00 bits per heavy atom. The first-order valence-corrected chi connectivity index (χ1v) is 7.91. The van der Waals surface area contributed by atoms with Crippen molar-refractivity contribution in [2.75, 3.05) is 26.2 Å². The summed E-state index contributed by atoms with van der Waals surface area (Å²) in [5.41, 5.74) is 0.939. The Bertz CT molecular complexity index is 436. The second-order valence-corrected chi connectivity index (χ2v) is 6.07. The second kappa shape index (κ2) is 8.94. The van der Waals surface area contributed by atoms with E-state index >= 15 is 0 Å². The van der Waals surface area contributed by atoms with Gasteiger partial charge in [-0.05, 0) is 36.1 Å². The zero-order valence-electron chi connectivity index (χ0n) is 12.7. The van der Waals surface area contributed by atoms with E-state index in [2.05, 4.69) is 24.1 Å². The highest BCUT2D eigenvalue weighted by Gasteiger charge is 2.28. The first-order chi connectivity index (χ1) is 9.63. The van der Waals surface area contributed by atoms with Crippen LogP contribution in [0.4, 0.5) is 4.39 Å². The summed E-state index contributed by atoms with van der Waals surface area (Å²) in [7, 11) is 0. The van der Waals surface area contributed by atoms with Gasteiger partial charge in [0.15, 0.2) is 0 Å². The highest BCUT2D eigenvalue weighted by atomic mass is 35.5. The molecule has 1 aromatic rings. The van der Waals surface area contributed by atoms with Crippen LogP contribution in [0, 0.1) is 11.7 Å². The van der Waals surface area contributed by atoms with Crippen molar-refractivity contribution in [1.82, 2.24) is 10.2 Å². The van der Waals surface area contributed by atoms with Crippen molar-refractivity contribution in [2.24, 2.45) is 5.92 Å². The zero-order valence-corrected chi connectivity index (χ0v) is 14.3. The standard InChI is InChI=1S/C16H24ClFN2.ClH/c1-3-4-12(2)16(20-9-7-19-8-10-20)14-11-13(18)5-6-15(14)17;/h5-6,11-12,16,19H,3-4,7-10H2,1-2H3;1H/t12?,16-;/m0./s1. The van der Waals surface area contributed by atoms with Gasteiger partial charge < -0.3 is 5.32 Å². The number of nitrogens with one attached hydrogen (secondary N) is 1. The molecule has 1 N–H and O–H groups in total. The Hall–Kier alpha value is -0.350. The lowest BCUT2D eigenvalue weighted by molar-refractivity contribution is 0.126. The molecule has 0 aliphatic carbocycles. The van der Waals surface area contributed by atoms with E-state index in [1.54, 1.807) is 12.1 Å². The third-order valence-corrected chi connectivity index (χ3v) is 4.45. The molecule has 2 nitrogen and oxygen atoms in total. The van der Waals surface area contributed by atoms with E-state index in [-0.39, 0.29) is 24.3 Å². The van der Waals surface area contributed by atoms with E-state index in [4.69, 9.17) is 11.6 Å². The van der Waals surface area contributed by atoms with Crippen molar-refractivity contribution in [3.8, 4) is 0 Å². The van der Waals surface area contributed by atoms with Gasteiger partial charge >= 0.3 is 0 Å². The zero-order chi connectivity index (χ0) is 14.5. The molecule has 1 unspecified atom stereocenters. The summed E-state index contributed by atoms with van der Waals surface area (Å²) in [5, 5.41) is 4.05. The summed E-state index contributed by atoms with van der Waals surface area (Å²) < 4.78 is 13.6. The Kier molecular flexibility index (Phi) is 7.96. The van der Waals surface area contributed by atoms with Crippen LogP contribution in [0.5, 0.6) is 0 Å². The van der Waals surface area contributed by atoms with Gasteiger partial charge in [0.1, 0.15) is 5.82 Å². The highest BCUT2D eigenvalue weighted by Crippen LogP contribution is 2.36. The molecule has 2 atom stereocenters. The van der Waals surface area contributed by atoms with Gasteiger partial charge in [-0.15, -0.1) is 12.4 Å². The van der Waals surface area contributed by atoms with E-state index in [1.165, 1.54) is 6.07 Å². The van der Waals surface area contributed by atoms with E-state index in [1.807, 2.05) is 0 Å². The topological polar surface area (TPSA) is 15.3 Å². The van der Waals surface area contributed by atoms with Crippen molar-refractivity contribution in [3.63, 3.8) is 0 Å². The Morgan fingerprint density at radius 1 is 1.33 bits per heavy atom. The van der Waals surface area contributed by atoms with Crippen LogP contribution in [0.25, 0.3) is 0 Å². The van der Waals surface area contributed by atoms with Crippen LogP contribution >= 0.6 is 24.0 Å². The summed E-state index contributed by atoms with van der Waals surface area (Å²) in [4.78, 5) is 2.44. The lowest BCUT2D eigenvalue weighted by Crippen LogP contribution is -2.46. The minimum absolute atomic E-state index is 0. The molecule has 1 heterocycles. The second-order valence-electron chi connectivity index (χ2n) is 5.66. The van der Waals surface area contributed by atoms with Crippen LogP contribution in [0.3, 0.4) is 0 Å². The molecule has 0 bridgehead atoms. The predicted molar refractivity (Wildman–Crippen MR) is 89.9 cm³/mol. The summed E-state index contributed by atoms with van der Waals surface area (Å²) in [5.74, 6) is 0.269. The molecule has 0 radical (unpaired) electrons. The molecule has 21 heavy (non-hydrogen) atoms. The SMILES string of the molecule is CCCC(C)[C@@H](c1cc(F)ccc1Cl)N1CCNCC1.Cl. The lowest BCUT2D eigenvalue weighted by atomic mass is 9.89. The Morgan fingerprint density at radius 3 is 2.62 bits per heavy atom. The fourth-order valence-electron chi connectivity index (χ4n) is 3.18. The number of benzene rings is 1. The molecule has 0 spiro atoms. The van der Waals surface area contributed by atoms with Gasteiger partial charge in [-0.3, -0.25) is 4.90 Å². The largest absolute Gasteiger partial charge is 0.314 e. The first-order valence-electron chi connectivity index (χ1n) is 7.53. The molecule has 2 rings (SSSR count). The molecular formula is C16H25Cl2FN2. The van der Waals surface area contributed by atoms with Crippen molar-refractivity contribution in [2.45, 2.75) is 32.7 Å².